The van der Waals surface area contributed by atoms with Crippen LogP contribution in [0.5, 0.6) is 0 Å². The minimum absolute atomic E-state index is 0.142. The molecule has 0 saturated carbocycles. The molecule has 1 aliphatic rings. The molecule has 2 rings (SSSR count). The summed E-state index contributed by atoms with van der Waals surface area (Å²) < 4.78 is 0. The smallest absolute Gasteiger partial charge is 0.101 e. The highest BCUT2D eigenvalue weighted by Gasteiger charge is 2.42. The van der Waals surface area contributed by atoms with Crippen molar-refractivity contribution in [2.45, 2.75) is 19.3 Å². The normalized spacial score (nSPS) is 19.0. The van der Waals surface area contributed by atoms with Gasteiger partial charge in [0.1, 0.15) is 5.76 Å². The zero-order valence-corrected chi connectivity index (χ0v) is 9.93. The van der Waals surface area contributed by atoms with Gasteiger partial charge in [-0.15, -0.1) is 0 Å². The van der Waals surface area contributed by atoms with E-state index in [0.717, 1.165) is 11.1 Å². The third kappa shape index (κ3) is 1.75. The molecule has 1 aromatic rings. The SMILES string of the molecule is CCC(CO)(CO)C1C(O)=Cc2ccccc21. The first-order chi connectivity index (χ1) is 8.18. The van der Waals surface area contributed by atoms with E-state index in [2.05, 4.69) is 0 Å². The molecular formula is C14H18O3. The van der Waals surface area contributed by atoms with Crippen molar-refractivity contribution in [1.82, 2.24) is 0 Å². The fourth-order valence-electron chi connectivity index (χ4n) is 2.61. The molecule has 0 fully saturated rings. The Morgan fingerprint density at radius 2 is 1.82 bits per heavy atom. The first-order valence-corrected chi connectivity index (χ1v) is 5.89. The molecule has 1 unspecified atom stereocenters. The molecule has 0 spiro atoms. The number of aliphatic hydroxyl groups excluding tert-OH is 3. The maximum atomic E-state index is 10.1. The maximum absolute atomic E-state index is 10.1. The van der Waals surface area contributed by atoms with E-state index in [4.69, 9.17) is 0 Å². The number of benzene rings is 1. The second kappa shape index (κ2) is 4.51. The molecule has 3 N–H and O–H groups in total. The van der Waals surface area contributed by atoms with E-state index >= 15 is 0 Å². The van der Waals surface area contributed by atoms with Gasteiger partial charge in [-0.1, -0.05) is 31.2 Å². The summed E-state index contributed by atoms with van der Waals surface area (Å²) in [4.78, 5) is 0. The Morgan fingerprint density at radius 1 is 1.18 bits per heavy atom. The Labute approximate surface area is 101 Å². The molecule has 3 nitrogen and oxygen atoms in total. The summed E-state index contributed by atoms with van der Waals surface area (Å²) in [6, 6.07) is 7.69. The van der Waals surface area contributed by atoms with Crippen molar-refractivity contribution in [2.75, 3.05) is 13.2 Å². The van der Waals surface area contributed by atoms with Gasteiger partial charge in [-0.05, 0) is 23.6 Å². The van der Waals surface area contributed by atoms with Crippen LogP contribution in [0.15, 0.2) is 30.0 Å². The minimum Gasteiger partial charge on any atom is -0.512 e. The van der Waals surface area contributed by atoms with Gasteiger partial charge in [-0.25, -0.2) is 0 Å². The van der Waals surface area contributed by atoms with Crippen molar-refractivity contribution in [3.05, 3.63) is 41.2 Å². The van der Waals surface area contributed by atoms with Crippen LogP contribution in [0.2, 0.25) is 0 Å². The molecule has 92 valence electrons. The van der Waals surface area contributed by atoms with Gasteiger partial charge in [0, 0.05) is 5.41 Å². The second-order valence-electron chi connectivity index (χ2n) is 4.66. The summed E-state index contributed by atoms with van der Waals surface area (Å²) >= 11 is 0. The molecule has 1 aliphatic carbocycles. The largest absolute Gasteiger partial charge is 0.512 e. The van der Waals surface area contributed by atoms with Crippen LogP contribution in [0, 0.1) is 5.41 Å². The van der Waals surface area contributed by atoms with Gasteiger partial charge in [0.05, 0.1) is 19.1 Å². The van der Waals surface area contributed by atoms with Gasteiger partial charge in [0.25, 0.3) is 0 Å². The molecule has 0 amide bonds. The summed E-state index contributed by atoms with van der Waals surface area (Å²) in [5, 5.41) is 29.2. The van der Waals surface area contributed by atoms with Gasteiger partial charge < -0.3 is 15.3 Å². The summed E-state index contributed by atoms with van der Waals surface area (Å²) in [5.74, 6) is -0.0742. The molecule has 1 atom stereocenters. The van der Waals surface area contributed by atoms with Crippen LogP contribution in [-0.2, 0) is 0 Å². The zero-order valence-electron chi connectivity index (χ0n) is 9.93. The van der Waals surface area contributed by atoms with Crippen LogP contribution in [0.4, 0.5) is 0 Å². The second-order valence-corrected chi connectivity index (χ2v) is 4.66. The summed E-state index contributed by atoms with van der Waals surface area (Å²) in [6.07, 6.45) is 2.33. The molecular weight excluding hydrogens is 216 g/mol. The van der Waals surface area contributed by atoms with Crippen molar-refractivity contribution in [1.29, 1.82) is 0 Å². The number of aliphatic hydroxyl groups is 3. The highest BCUT2D eigenvalue weighted by atomic mass is 16.3. The van der Waals surface area contributed by atoms with Crippen molar-refractivity contribution >= 4 is 6.08 Å². The Balaban J connectivity index is 2.49. The maximum Gasteiger partial charge on any atom is 0.101 e. The molecule has 0 aliphatic heterocycles. The minimum atomic E-state index is -0.687. The predicted molar refractivity (Wildman–Crippen MR) is 66.7 cm³/mol. The quantitative estimate of drug-likeness (QED) is 0.747. The van der Waals surface area contributed by atoms with Crippen LogP contribution in [0.25, 0.3) is 6.08 Å². The van der Waals surface area contributed by atoms with Gasteiger partial charge in [0.2, 0.25) is 0 Å². The highest BCUT2D eigenvalue weighted by molar-refractivity contribution is 5.65. The summed E-state index contributed by atoms with van der Waals surface area (Å²) in [5.41, 5.74) is 1.26. The average molecular weight is 234 g/mol. The fourth-order valence-corrected chi connectivity index (χ4v) is 2.61. The van der Waals surface area contributed by atoms with Gasteiger partial charge >= 0.3 is 0 Å². The molecule has 0 radical (unpaired) electrons. The molecule has 3 heteroatoms. The fraction of sp³-hybridized carbons (Fsp3) is 0.429. The zero-order chi connectivity index (χ0) is 12.5. The van der Waals surface area contributed by atoms with E-state index in [0.29, 0.717) is 6.42 Å². The summed E-state index contributed by atoms with van der Waals surface area (Å²) in [6.45, 7) is 1.63. The highest BCUT2D eigenvalue weighted by Crippen LogP contribution is 2.47. The molecule has 0 heterocycles. The molecule has 17 heavy (non-hydrogen) atoms. The lowest BCUT2D eigenvalue weighted by Crippen LogP contribution is -2.36. The third-order valence-electron chi connectivity index (χ3n) is 3.85. The van der Waals surface area contributed by atoms with Crippen LogP contribution in [0.3, 0.4) is 0 Å². The van der Waals surface area contributed by atoms with Gasteiger partial charge in [0.15, 0.2) is 0 Å². The lowest BCUT2D eigenvalue weighted by molar-refractivity contribution is 0.0273. The standard InChI is InChI=1S/C14H18O3/c1-2-14(8-15,9-16)13-11-6-4-3-5-10(11)7-12(13)17/h3-7,13,15-17H,2,8-9H2,1H3. The number of hydrogen-bond donors (Lipinski definition) is 3. The average Bonchev–Trinajstić information content (AvgIpc) is 2.70. The summed E-state index contributed by atoms with van der Waals surface area (Å²) in [7, 11) is 0. The van der Waals surface area contributed by atoms with Crippen molar-refractivity contribution in [3.63, 3.8) is 0 Å². The molecule has 0 saturated heterocycles. The Hall–Kier alpha value is -1.32. The number of hydrogen-bond acceptors (Lipinski definition) is 3. The Morgan fingerprint density at radius 3 is 2.41 bits per heavy atom. The monoisotopic (exact) mass is 234 g/mol. The topological polar surface area (TPSA) is 60.7 Å². The van der Waals surface area contributed by atoms with E-state index in [1.807, 2.05) is 31.2 Å². The van der Waals surface area contributed by atoms with Crippen molar-refractivity contribution in [2.24, 2.45) is 5.41 Å². The predicted octanol–water partition coefficient (Wildman–Crippen LogP) is 2.06. The molecule has 0 bridgehead atoms. The lowest BCUT2D eigenvalue weighted by Gasteiger charge is -2.35. The van der Waals surface area contributed by atoms with E-state index in [9.17, 15) is 15.3 Å². The van der Waals surface area contributed by atoms with Crippen molar-refractivity contribution in [3.8, 4) is 0 Å². The number of rotatable bonds is 4. The van der Waals surface area contributed by atoms with E-state index in [1.54, 1.807) is 6.08 Å². The van der Waals surface area contributed by atoms with Crippen LogP contribution < -0.4 is 0 Å². The van der Waals surface area contributed by atoms with Crippen LogP contribution >= 0.6 is 0 Å². The van der Waals surface area contributed by atoms with E-state index in [1.165, 1.54) is 0 Å². The number of fused-ring (bicyclic) bond motifs is 1. The van der Waals surface area contributed by atoms with Crippen molar-refractivity contribution < 1.29 is 15.3 Å². The van der Waals surface area contributed by atoms with E-state index in [-0.39, 0.29) is 24.9 Å². The van der Waals surface area contributed by atoms with Crippen LogP contribution in [0.1, 0.15) is 30.4 Å². The third-order valence-corrected chi connectivity index (χ3v) is 3.85. The van der Waals surface area contributed by atoms with E-state index < -0.39 is 5.41 Å². The van der Waals surface area contributed by atoms with Crippen LogP contribution in [-0.4, -0.2) is 28.5 Å². The Bertz CT molecular complexity index is 425. The van der Waals surface area contributed by atoms with Gasteiger partial charge in [-0.3, -0.25) is 0 Å². The Kier molecular flexibility index (Phi) is 3.22. The first kappa shape index (κ1) is 12.1. The van der Waals surface area contributed by atoms with Gasteiger partial charge in [-0.2, -0.15) is 0 Å². The number of allylic oxidation sites excluding steroid dienone is 1. The lowest BCUT2D eigenvalue weighted by atomic mass is 9.71. The molecule has 1 aromatic carbocycles. The molecule has 0 aromatic heterocycles. The first-order valence-electron chi connectivity index (χ1n) is 5.89.